The van der Waals surface area contributed by atoms with Crippen molar-refractivity contribution >= 4 is 11.6 Å². The SMILES string of the molecule is CN1CCc2cc(CNOCC(N)=O)ccc21. The normalized spacial score (nSPS) is 13.8. The van der Waals surface area contributed by atoms with Gasteiger partial charge in [0, 0.05) is 25.8 Å². The first-order valence-electron chi connectivity index (χ1n) is 5.62. The number of likely N-dealkylation sites (N-methyl/N-ethyl adjacent to an activating group) is 1. The molecule has 1 aliphatic heterocycles. The summed E-state index contributed by atoms with van der Waals surface area (Å²) in [6.07, 6.45) is 1.09. The monoisotopic (exact) mass is 235 g/mol. The van der Waals surface area contributed by atoms with E-state index in [1.165, 1.54) is 11.3 Å². The van der Waals surface area contributed by atoms with Crippen molar-refractivity contribution in [3.8, 4) is 0 Å². The fourth-order valence-electron chi connectivity index (χ4n) is 1.99. The Labute approximate surface area is 100 Å². The fourth-order valence-corrected chi connectivity index (χ4v) is 1.99. The number of nitrogens with two attached hydrogens (primary N) is 1. The first kappa shape index (κ1) is 11.9. The van der Waals surface area contributed by atoms with Crippen molar-refractivity contribution in [1.29, 1.82) is 0 Å². The van der Waals surface area contributed by atoms with Gasteiger partial charge in [0.2, 0.25) is 5.91 Å². The summed E-state index contributed by atoms with van der Waals surface area (Å²) in [4.78, 5) is 17.6. The van der Waals surface area contributed by atoms with E-state index in [0.717, 1.165) is 18.5 Å². The maximum Gasteiger partial charge on any atom is 0.245 e. The van der Waals surface area contributed by atoms with Crippen LogP contribution in [0.1, 0.15) is 11.1 Å². The lowest BCUT2D eigenvalue weighted by Gasteiger charge is -2.12. The van der Waals surface area contributed by atoms with Gasteiger partial charge in [-0.1, -0.05) is 12.1 Å². The summed E-state index contributed by atoms with van der Waals surface area (Å²) in [5.41, 5.74) is 11.5. The summed E-state index contributed by atoms with van der Waals surface area (Å²) in [7, 11) is 2.10. The molecule has 0 radical (unpaired) electrons. The standard InChI is InChI=1S/C12H17N3O2/c1-15-5-4-10-6-9(2-3-11(10)15)7-14-17-8-12(13)16/h2-3,6,14H,4-5,7-8H2,1H3,(H2,13,16). The summed E-state index contributed by atoms with van der Waals surface area (Å²) in [5.74, 6) is -0.479. The second-order valence-electron chi connectivity index (χ2n) is 4.21. The van der Waals surface area contributed by atoms with Gasteiger partial charge in [0.1, 0.15) is 6.61 Å². The molecule has 1 aromatic rings. The number of fused-ring (bicyclic) bond motifs is 1. The van der Waals surface area contributed by atoms with E-state index in [4.69, 9.17) is 10.6 Å². The highest BCUT2D eigenvalue weighted by atomic mass is 16.6. The molecule has 2 rings (SSSR count). The fraction of sp³-hybridized carbons (Fsp3) is 0.417. The van der Waals surface area contributed by atoms with Gasteiger partial charge in [-0.05, 0) is 23.6 Å². The number of benzene rings is 1. The van der Waals surface area contributed by atoms with Gasteiger partial charge in [0.05, 0.1) is 0 Å². The number of carbonyl (C=O) groups excluding carboxylic acids is 1. The average Bonchev–Trinajstić information content (AvgIpc) is 2.66. The van der Waals surface area contributed by atoms with Gasteiger partial charge in [-0.3, -0.25) is 9.63 Å². The van der Waals surface area contributed by atoms with Crippen LogP contribution < -0.4 is 16.1 Å². The summed E-state index contributed by atoms with van der Waals surface area (Å²) < 4.78 is 0. The van der Waals surface area contributed by atoms with Gasteiger partial charge >= 0.3 is 0 Å². The highest BCUT2D eigenvalue weighted by Gasteiger charge is 2.15. The second-order valence-corrected chi connectivity index (χ2v) is 4.21. The molecule has 0 spiro atoms. The van der Waals surface area contributed by atoms with Crippen molar-refractivity contribution in [2.45, 2.75) is 13.0 Å². The van der Waals surface area contributed by atoms with Crippen LogP contribution in [-0.4, -0.2) is 26.1 Å². The number of nitrogens with one attached hydrogen (secondary N) is 1. The summed E-state index contributed by atoms with van der Waals surface area (Å²) in [6.45, 7) is 1.54. The van der Waals surface area contributed by atoms with E-state index in [9.17, 15) is 4.79 Å². The molecule has 1 aromatic carbocycles. The molecule has 1 heterocycles. The van der Waals surface area contributed by atoms with Crippen molar-refractivity contribution in [1.82, 2.24) is 5.48 Å². The molecule has 0 fully saturated rings. The summed E-state index contributed by atoms with van der Waals surface area (Å²) in [6, 6.07) is 6.34. The number of hydrogen-bond donors (Lipinski definition) is 2. The number of primary amides is 1. The third-order valence-electron chi connectivity index (χ3n) is 2.86. The van der Waals surface area contributed by atoms with Crippen LogP contribution in [0, 0.1) is 0 Å². The minimum atomic E-state index is -0.479. The minimum Gasteiger partial charge on any atom is -0.374 e. The van der Waals surface area contributed by atoms with Crippen LogP contribution in [0.3, 0.4) is 0 Å². The smallest absolute Gasteiger partial charge is 0.245 e. The Morgan fingerprint density at radius 3 is 3.18 bits per heavy atom. The minimum absolute atomic E-state index is 0.103. The Morgan fingerprint density at radius 1 is 1.59 bits per heavy atom. The Balaban J connectivity index is 1.88. The van der Waals surface area contributed by atoms with Crippen LogP contribution in [0.2, 0.25) is 0 Å². The quantitative estimate of drug-likeness (QED) is 0.564. The number of rotatable bonds is 5. The molecular formula is C12H17N3O2. The van der Waals surface area contributed by atoms with Gasteiger partial charge in [0.25, 0.3) is 0 Å². The van der Waals surface area contributed by atoms with Crippen molar-refractivity contribution in [2.75, 3.05) is 25.1 Å². The van der Waals surface area contributed by atoms with E-state index in [0.29, 0.717) is 6.54 Å². The van der Waals surface area contributed by atoms with E-state index >= 15 is 0 Å². The first-order valence-corrected chi connectivity index (χ1v) is 5.62. The Kier molecular flexibility index (Phi) is 3.61. The second kappa shape index (κ2) is 5.16. The molecule has 0 aromatic heterocycles. The lowest BCUT2D eigenvalue weighted by molar-refractivity contribution is -0.125. The number of hydrogen-bond acceptors (Lipinski definition) is 4. The van der Waals surface area contributed by atoms with Crippen LogP contribution in [0.5, 0.6) is 0 Å². The number of carbonyl (C=O) groups is 1. The van der Waals surface area contributed by atoms with E-state index in [2.05, 4.69) is 35.6 Å². The Hall–Kier alpha value is -1.59. The van der Waals surface area contributed by atoms with Gasteiger partial charge in [-0.25, -0.2) is 0 Å². The predicted octanol–water partition coefficient (Wildman–Crippen LogP) is 0.185. The highest BCUT2D eigenvalue weighted by Crippen LogP contribution is 2.27. The summed E-state index contributed by atoms with van der Waals surface area (Å²) >= 11 is 0. The maximum atomic E-state index is 10.5. The predicted molar refractivity (Wildman–Crippen MR) is 65.4 cm³/mol. The lowest BCUT2D eigenvalue weighted by Crippen LogP contribution is -2.24. The van der Waals surface area contributed by atoms with Gasteiger partial charge in [0.15, 0.2) is 0 Å². The number of anilines is 1. The van der Waals surface area contributed by atoms with Crippen molar-refractivity contribution in [3.63, 3.8) is 0 Å². The van der Waals surface area contributed by atoms with Gasteiger partial charge in [-0.15, -0.1) is 0 Å². The molecule has 5 heteroatoms. The van der Waals surface area contributed by atoms with Gasteiger partial charge in [-0.2, -0.15) is 5.48 Å². The van der Waals surface area contributed by atoms with Crippen LogP contribution in [0.4, 0.5) is 5.69 Å². The Morgan fingerprint density at radius 2 is 2.41 bits per heavy atom. The molecule has 0 aliphatic carbocycles. The van der Waals surface area contributed by atoms with Gasteiger partial charge < -0.3 is 10.6 Å². The molecule has 17 heavy (non-hydrogen) atoms. The lowest BCUT2D eigenvalue weighted by atomic mass is 10.1. The first-order chi connectivity index (χ1) is 8.16. The third kappa shape index (κ3) is 2.95. The zero-order valence-corrected chi connectivity index (χ0v) is 9.90. The van der Waals surface area contributed by atoms with E-state index < -0.39 is 5.91 Å². The van der Waals surface area contributed by atoms with Crippen LogP contribution in [-0.2, 0) is 22.6 Å². The van der Waals surface area contributed by atoms with E-state index in [1.54, 1.807) is 0 Å². The maximum absolute atomic E-state index is 10.5. The third-order valence-corrected chi connectivity index (χ3v) is 2.86. The molecule has 0 unspecified atom stereocenters. The molecule has 0 saturated heterocycles. The number of amides is 1. The zero-order chi connectivity index (χ0) is 12.3. The van der Waals surface area contributed by atoms with Crippen LogP contribution >= 0.6 is 0 Å². The molecule has 92 valence electrons. The van der Waals surface area contributed by atoms with E-state index in [1.807, 2.05) is 0 Å². The molecule has 0 saturated carbocycles. The van der Waals surface area contributed by atoms with Crippen LogP contribution in [0.25, 0.3) is 0 Å². The highest BCUT2D eigenvalue weighted by molar-refractivity contribution is 5.74. The number of hydroxylamine groups is 1. The van der Waals surface area contributed by atoms with Crippen molar-refractivity contribution in [3.05, 3.63) is 29.3 Å². The molecule has 3 N–H and O–H groups in total. The molecular weight excluding hydrogens is 218 g/mol. The zero-order valence-electron chi connectivity index (χ0n) is 9.90. The molecule has 5 nitrogen and oxygen atoms in total. The van der Waals surface area contributed by atoms with Crippen molar-refractivity contribution < 1.29 is 9.63 Å². The van der Waals surface area contributed by atoms with E-state index in [-0.39, 0.29) is 6.61 Å². The van der Waals surface area contributed by atoms with Crippen molar-refractivity contribution in [2.24, 2.45) is 5.73 Å². The Bertz CT molecular complexity index is 420. The molecule has 1 amide bonds. The molecule has 0 bridgehead atoms. The van der Waals surface area contributed by atoms with Crippen LogP contribution in [0.15, 0.2) is 18.2 Å². The average molecular weight is 235 g/mol. The molecule has 0 atom stereocenters. The topological polar surface area (TPSA) is 67.6 Å². The summed E-state index contributed by atoms with van der Waals surface area (Å²) in [5, 5.41) is 0. The molecule has 1 aliphatic rings. The largest absolute Gasteiger partial charge is 0.374 e. The number of nitrogens with zero attached hydrogens (tertiary/aromatic N) is 1.